The van der Waals surface area contributed by atoms with Crippen LogP contribution in [0, 0.1) is 24.6 Å². The van der Waals surface area contributed by atoms with Crippen molar-refractivity contribution >= 4 is 22.5 Å². The molecular weight excluding hydrogens is 534 g/mol. The molecule has 0 N–H and O–H groups in total. The number of fused-ring (bicyclic) bond motifs is 1. The Hall–Kier alpha value is -2.79. The predicted molar refractivity (Wildman–Crippen MR) is 148 cm³/mol. The quantitative estimate of drug-likeness (QED) is 0.243. The standard InChI is InChI=1S/C30H39NO8S/c1-21(2)17-31(40(34,35)25-11-9-22(3)10-12-25)18-27(38-20-32)24(15-23-7-5-4-6-8-23)16-29(33)39-28-19-37-30-26(28)13-14-36-30/h4-12,20-21,24,26-28,30H,13-19H2,1-3H3/t24-,26+,27-,28+,30-/m1/s1/i1D3,13D2,14D2,17D2,19D2,21D,26D,28D,30D/t21?,24-,26+,27-,28+,30-. The number of carbonyl (C=O) groups excluding carboxylic acids is 2. The number of hydrogen-bond donors (Lipinski definition) is 0. The highest BCUT2D eigenvalue weighted by atomic mass is 32.2. The van der Waals surface area contributed by atoms with Gasteiger partial charge in [-0.15, -0.1) is 0 Å². The van der Waals surface area contributed by atoms with E-state index in [2.05, 4.69) is 4.74 Å². The van der Waals surface area contributed by atoms with Crippen molar-refractivity contribution in [3.05, 3.63) is 65.7 Å². The zero-order valence-corrected chi connectivity index (χ0v) is 22.5. The van der Waals surface area contributed by atoms with E-state index in [1.165, 1.54) is 24.3 Å². The number of sulfonamides is 1. The van der Waals surface area contributed by atoms with Crippen LogP contribution < -0.4 is 0 Å². The third-order valence-corrected chi connectivity index (χ3v) is 7.66. The van der Waals surface area contributed by atoms with E-state index in [0.29, 0.717) is 18.1 Å². The van der Waals surface area contributed by atoms with Crippen LogP contribution in [0.25, 0.3) is 0 Å². The van der Waals surface area contributed by atoms with Crippen molar-refractivity contribution in [1.82, 2.24) is 4.31 Å². The highest BCUT2D eigenvalue weighted by molar-refractivity contribution is 7.89. The third kappa shape index (κ3) is 7.69. The first kappa shape index (κ1) is 16.0. The van der Waals surface area contributed by atoms with Crippen LogP contribution in [0.2, 0.25) is 0 Å². The van der Waals surface area contributed by atoms with Gasteiger partial charge in [0.05, 0.1) is 45.1 Å². The van der Waals surface area contributed by atoms with Gasteiger partial charge < -0.3 is 18.9 Å². The van der Waals surface area contributed by atoms with E-state index in [4.69, 9.17) is 34.8 Å². The Kier molecular flexibility index (Phi) is 5.49. The molecule has 0 radical (unpaired) electrons. The zero-order valence-electron chi connectivity index (χ0n) is 36.7. The van der Waals surface area contributed by atoms with Crippen molar-refractivity contribution in [3.63, 3.8) is 0 Å². The van der Waals surface area contributed by atoms with Gasteiger partial charge in [-0.3, -0.25) is 9.59 Å². The van der Waals surface area contributed by atoms with E-state index in [9.17, 15) is 18.0 Å². The lowest BCUT2D eigenvalue weighted by Crippen LogP contribution is -2.44. The van der Waals surface area contributed by atoms with E-state index in [1.807, 2.05) is 0 Å². The van der Waals surface area contributed by atoms with Crippen LogP contribution in [-0.4, -0.2) is 69.8 Å². The first-order valence-corrected chi connectivity index (χ1v) is 13.6. The van der Waals surface area contributed by atoms with Crippen LogP contribution in [0.3, 0.4) is 0 Å². The SMILES string of the molecule is [2H]C([2H])([2H])C([2H])(C)C([2H])([2H])N(C[C@@H](OC=O)[C@@H](CC(=O)O[C@@]1([2H])C([2H])([2H])O[C@@]2([2H])OC([2H])([2H])C([2H])([2H])[C@]21[2H])Cc1ccccc1)S(=O)(=O)c1ccc(C)cc1. The molecule has 2 aromatic rings. The molecule has 10 heteroatoms. The maximum atomic E-state index is 14.2. The van der Waals surface area contributed by atoms with E-state index in [1.54, 1.807) is 25.1 Å². The summed E-state index contributed by atoms with van der Waals surface area (Å²) in [6.07, 6.45) is -14.5. The number of benzene rings is 2. The summed E-state index contributed by atoms with van der Waals surface area (Å²) in [5.74, 6) is -10.1. The first-order valence-electron chi connectivity index (χ1n) is 19.6. The van der Waals surface area contributed by atoms with E-state index >= 15 is 0 Å². The fourth-order valence-corrected chi connectivity index (χ4v) is 5.38. The average Bonchev–Trinajstić information content (AvgIpc) is 3.23. The van der Waals surface area contributed by atoms with Crippen molar-refractivity contribution < 1.29 is 57.5 Å². The van der Waals surface area contributed by atoms with E-state index in [0.717, 1.165) is 12.1 Å². The summed E-state index contributed by atoms with van der Waals surface area (Å²) in [5.41, 5.74) is 0.985. The molecular formula is C30H39NO8S. The van der Waals surface area contributed by atoms with Crippen molar-refractivity contribution in [2.24, 2.45) is 17.7 Å². The minimum Gasteiger partial charge on any atom is -0.463 e. The molecule has 0 aromatic heterocycles. The van der Waals surface area contributed by atoms with Gasteiger partial charge in [-0.05, 0) is 43.3 Å². The molecule has 2 saturated heterocycles. The van der Waals surface area contributed by atoms with Gasteiger partial charge in [0.2, 0.25) is 10.0 Å². The van der Waals surface area contributed by atoms with E-state index < -0.39 is 103 Å². The minimum absolute atomic E-state index is 0.0245. The number of aryl methyl sites for hydroxylation is 1. The van der Waals surface area contributed by atoms with Crippen LogP contribution in [-0.2, 0) is 45.0 Å². The number of nitrogens with zero attached hydrogens (tertiary/aromatic N) is 1. The number of hydrogen-bond acceptors (Lipinski definition) is 8. The molecule has 2 aliphatic rings. The van der Waals surface area contributed by atoms with Crippen molar-refractivity contribution in [1.29, 1.82) is 0 Å². The average molecular weight is 589 g/mol. The summed E-state index contributed by atoms with van der Waals surface area (Å²) >= 11 is 0. The summed E-state index contributed by atoms with van der Waals surface area (Å²) in [4.78, 5) is 25.3. The molecule has 2 heterocycles. The Morgan fingerprint density at radius 2 is 2.02 bits per heavy atom. The Morgan fingerprint density at radius 1 is 1.27 bits per heavy atom. The number of carbonyl (C=O) groups is 2. The number of esters is 1. The van der Waals surface area contributed by atoms with Crippen molar-refractivity contribution in [2.75, 3.05) is 26.2 Å². The number of ether oxygens (including phenoxy) is 4. The summed E-state index contributed by atoms with van der Waals surface area (Å²) in [5, 5.41) is 0. The monoisotopic (exact) mass is 588 g/mol. The van der Waals surface area contributed by atoms with Gasteiger partial charge in [-0.2, -0.15) is 4.31 Å². The molecule has 2 aliphatic heterocycles. The maximum Gasteiger partial charge on any atom is 0.306 e. The molecule has 40 heavy (non-hydrogen) atoms. The smallest absolute Gasteiger partial charge is 0.306 e. The molecule has 0 saturated carbocycles. The largest absolute Gasteiger partial charge is 0.463 e. The molecule has 9 nitrogen and oxygen atoms in total. The Morgan fingerprint density at radius 3 is 2.73 bits per heavy atom. The third-order valence-electron chi connectivity index (χ3n) is 5.98. The molecule has 0 amide bonds. The predicted octanol–water partition coefficient (Wildman–Crippen LogP) is 3.74. The van der Waals surface area contributed by atoms with Crippen LogP contribution in [0.5, 0.6) is 0 Å². The Labute approximate surface area is 257 Å². The van der Waals surface area contributed by atoms with E-state index in [-0.39, 0.29) is 17.2 Å². The lowest BCUT2D eigenvalue weighted by atomic mass is 9.90. The molecule has 2 aromatic carbocycles. The second-order valence-corrected chi connectivity index (χ2v) is 10.9. The molecule has 0 bridgehead atoms. The molecule has 1 unspecified atom stereocenters. The summed E-state index contributed by atoms with van der Waals surface area (Å²) < 4.78 is 173. The van der Waals surface area contributed by atoms with Gasteiger partial charge in [0, 0.05) is 24.8 Å². The summed E-state index contributed by atoms with van der Waals surface area (Å²) in [6.45, 7) is -13.4. The fourth-order valence-electron chi connectivity index (χ4n) is 4.05. The fraction of sp³-hybridized carbons (Fsp3) is 0.533. The van der Waals surface area contributed by atoms with Crippen molar-refractivity contribution in [2.45, 2.75) is 63.3 Å². The van der Waals surface area contributed by atoms with Crippen LogP contribution in [0.15, 0.2) is 59.5 Å². The maximum absolute atomic E-state index is 14.2. The lowest BCUT2D eigenvalue weighted by Gasteiger charge is -2.32. The van der Waals surface area contributed by atoms with Gasteiger partial charge in [-0.25, -0.2) is 8.42 Å². The van der Waals surface area contributed by atoms with Gasteiger partial charge in [-0.1, -0.05) is 61.8 Å². The highest BCUT2D eigenvalue weighted by Crippen LogP contribution is 2.34. The topological polar surface area (TPSA) is 108 Å². The van der Waals surface area contributed by atoms with Crippen LogP contribution in [0.4, 0.5) is 0 Å². The zero-order chi connectivity index (χ0) is 42.1. The van der Waals surface area contributed by atoms with Crippen molar-refractivity contribution in [3.8, 4) is 0 Å². The molecule has 0 aliphatic carbocycles. The second kappa shape index (κ2) is 13.7. The van der Waals surface area contributed by atoms with Gasteiger partial charge in [0.1, 0.15) is 12.2 Å². The van der Waals surface area contributed by atoms with Crippen LogP contribution >= 0.6 is 0 Å². The Bertz CT molecular complexity index is 1870. The molecule has 2 fully saturated rings. The normalized spacial score (nSPS) is 39.1. The molecule has 4 rings (SSSR count). The molecule has 6 atom stereocenters. The molecule has 0 spiro atoms. The van der Waals surface area contributed by atoms with Crippen LogP contribution in [0.1, 0.15) is 58.3 Å². The Balaban J connectivity index is 1.84. The first-order chi connectivity index (χ1) is 24.8. The van der Waals surface area contributed by atoms with Gasteiger partial charge in [0.15, 0.2) is 6.27 Å². The lowest BCUT2D eigenvalue weighted by molar-refractivity contribution is -0.155. The number of rotatable bonds is 14. The van der Waals surface area contributed by atoms with Gasteiger partial charge in [0.25, 0.3) is 6.47 Å². The highest BCUT2D eigenvalue weighted by Gasteiger charge is 2.44. The summed E-state index contributed by atoms with van der Waals surface area (Å²) in [7, 11) is -5.12. The molecule has 218 valence electrons. The minimum atomic E-state index is -5.12. The second-order valence-electron chi connectivity index (χ2n) is 9.01. The van der Waals surface area contributed by atoms with Gasteiger partial charge >= 0.3 is 5.97 Å². The summed E-state index contributed by atoms with van der Waals surface area (Å²) in [6, 6.07) is 12.7.